The van der Waals surface area contributed by atoms with Gasteiger partial charge in [0.1, 0.15) is 17.6 Å². The highest BCUT2D eigenvalue weighted by Crippen LogP contribution is 2.26. The molecule has 6 nitrogen and oxygen atoms in total. The van der Waals surface area contributed by atoms with E-state index in [-0.39, 0.29) is 6.03 Å². The molecule has 3 aromatic carbocycles. The smallest absolute Gasteiger partial charge is 0.320 e. The molecular formula is C23H22N4O2. The van der Waals surface area contributed by atoms with Crippen molar-refractivity contribution in [3.63, 3.8) is 0 Å². The van der Waals surface area contributed by atoms with Crippen LogP contribution in [0.25, 0.3) is 10.8 Å². The third-order valence-corrected chi connectivity index (χ3v) is 4.86. The first kappa shape index (κ1) is 18.6. The molecule has 146 valence electrons. The molecule has 29 heavy (non-hydrogen) atoms. The minimum Gasteiger partial charge on any atom is -0.497 e. The number of urea groups is 1. The predicted molar refractivity (Wildman–Crippen MR) is 114 cm³/mol. The van der Waals surface area contributed by atoms with Gasteiger partial charge in [0.15, 0.2) is 0 Å². The maximum Gasteiger partial charge on any atom is 0.320 e. The van der Waals surface area contributed by atoms with Crippen LogP contribution in [0.2, 0.25) is 0 Å². The van der Waals surface area contributed by atoms with E-state index in [1.54, 1.807) is 13.3 Å². The van der Waals surface area contributed by atoms with Crippen molar-refractivity contribution in [3.05, 3.63) is 90.5 Å². The summed E-state index contributed by atoms with van der Waals surface area (Å²) in [5.41, 5.74) is 1.64. The van der Waals surface area contributed by atoms with Gasteiger partial charge in [-0.2, -0.15) is 0 Å². The van der Waals surface area contributed by atoms with Gasteiger partial charge < -0.3 is 19.9 Å². The first-order valence-corrected chi connectivity index (χ1v) is 9.32. The van der Waals surface area contributed by atoms with E-state index in [4.69, 9.17) is 4.74 Å². The number of imidazole rings is 1. The number of rotatable bonds is 5. The van der Waals surface area contributed by atoms with Gasteiger partial charge in [0.2, 0.25) is 0 Å². The average Bonchev–Trinajstić information content (AvgIpc) is 3.18. The molecule has 1 heterocycles. The summed E-state index contributed by atoms with van der Waals surface area (Å²) in [5.74, 6) is 1.45. The zero-order chi connectivity index (χ0) is 20.2. The van der Waals surface area contributed by atoms with E-state index in [0.29, 0.717) is 0 Å². The van der Waals surface area contributed by atoms with Crippen LogP contribution in [0, 0.1) is 0 Å². The van der Waals surface area contributed by atoms with Gasteiger partial charge in [-0.05, 0) is 29.1 Å². The maximum atomic E-state index is 12.9. The normalized spacial score (nSPS) is 11.8. The Balaban J connectivity index is 1.63. The van der Waals surface area contributed by atoms with Crippen LogP contribution in [0.15, 0.2) is 79.1 Å². The molecule has 1 aromatic heterocycles. The number of hydrogen-bond acceptors (Lipinski definition) is 3. The number of hydrogen-bond donors (Lipinski definition) is 2. The van der Waals surface area contributed by atoms with Gasteiger partial charge in [-0.25, -0.2) is 9.78 Å². The van der Waals surface area contributed by atoms with Gasteiger partial charge in [0.05, 0.1) is 12.8 Å². The summed E-state index contributed by atoms with van der Waals surface area (Å²) in [7, 11) is 3.52. The summed E-state index contributed by atoms with van der Waals surface area (Å²) in [4.78, 5) is 17.3. The summed E-state index contributed by atoms with van der Waals surface area (Å²) in [6.07, 6.45) is 3.57. The standard InChI is InChI=1S/C23H22N4O2/c1-27-14-13-24-22(27)21(17-9-5-10-18(15-17)29-2)26-23(28)25-20-12-6-8-16-7-3-4-11-19(16)20/h3-15,21H,1-2H3,(H2,25,26,28). The van der Waals surface area contributed by atoms with E-state index in [1.807, 2.05) is 84.5 Å². The molecule has 0 spiro atoms. The van der Waals surface area contributed by atoms with E-state index < -0.39 is 6.04 Å². The molecule has 0 fully saturated rings. The van der Waals surface area contributed by atoms with Crippen LogP contribution in [0.5, 0.6) is 5.75 Å². The lowest BCUT2D eigenvalue weighted by Crippen LogP contribution is -2.34. The summed E-state index contributed by atoms with van der Waals surface area (Å²) in [5, 5.41) is 8.08. The molecule has 0 bridgehead atoms. The van der Waals surface area contributed by atoms with Crippen molar-refractivity contribution in [2.45, 2.75) is 6.04 Å². The van der Waals surface area contributed by atoms with Crippen LogP contribution in [-0.2, 0) is 7.05 Å². The van der Waals surface area contributed by atoms with Gasteiger partial charge in [0.25, 0.3) is 0 Å². The fraction of sp³-hybridized carbons (Fsp3) is 0.130. The van der Waals surface area contributed by atoms with Crippen molar-refractivity contribution in [1.29, 1.82) is 0 Å². The third-order valence-electron chi connectivity index (χ3n) is 4.86. The van der Waals surface area contributed by atoms with Crippen LogP contribution in [0.4, 0.5) is 10.5 Å². The number of methoxy groups -OCH3 is 1. The lowest BCUT2D eigenvalue weighted by molar-refractivity contribution is 0.249. The molecule has 6 heteroatoms. The van der Waals surface area contributed by atoms with Crippen LogP contribution < -0.4 is 15.4 Å². The molecule has 2 N–H and O–H groups in total. The molecule has 4 aromatic rings. The molecule has 1 atom stereocenters. The monoisotopic (exact) mass is 386 g/mol. The molecule has 1 unspecified atom stereocenters. The van der Waals surface area contributed by atoms with Crippen molar-refractivity contribution in [3.8, 4) is 5.75 Å². The van der Waals surface area contributed by atoms with Crippen LogP contribution >= 0.6 is 0 Å². The topological polar surface area (TPSA) is 68.2 Å². The third kappa shape index (κ3) is 3.91. The minimum atomic E-state index is -0.430. The lowest BCUT2D eigenvalue weighted by Gasteiger charge is -2.20. The van der Waals surface area contributed by atoms with E-state index >= 15 is 0 Å². The Bertz CT molecular complexity index is 1150. The Morgan fingerprint density at radius 2 is 1.86 bits per heavy atom. The van der Waals surface area contributed by atoms with Crippen LogP contribution in [0.3, 0.4) is 0 Å². The van der Waals surface area contributed by atoms with Crippen molar-refractivity contribution < 1.29 is 9.53 Å². The maximum absolute atomic E-state index is 12.9. The predicted octanol–water partition coefficient (Wildman–Crippen LogP) is 4.49. The zero-order valence-electron chi connectivity index (χ0n) is 16.3. The molecule has 0 aliphatic heterocycles. The summed E-state index contributed by atoms with van der Waals surface area (Å²) in [6, 6.07) is 20.7. The van der Waals surface area contributed by atoms with Crippen molar-refractivity contribution in [1.82, 2.24) is 14.9 Å². The largest absolute Gasteiger partial charge is 0.497 e. The molecule has 0 saturated heterocycles. The molecule has 2 amide bonds. The number of carbonyl (C=O) groups excluding carboxylic acids is 1. The summed E-state index contributed by atoms with van der Waals surface area (Å²) < 4.78 is 7.24. The number of nitrogens with zero attached hydrogens (tertiary/aromatic N) is 2. The first-order valence-electron chi connectivity index (χ1n) is 9.32. The average molecular weight is 386 g/mol. The Hall–Kier alpha value is -3.80. The van der Waals surface area contributed by atoms with Gasteiger partial charge in [-0.1, -0.05) is 48.5 Å². The van der Waals surface area contributed by atoms with Crippen molar-refractivity contribution in [2.24, 2.45) is 7.05 Å². The van der Waals surface area contributed by atoms with Gasteiger partial charge in [-0.3, -0.25) is 0 Å². The van der Waals surface area contributed by atoms with Crippen molar-refractivity contribution >= 4 is 22.5 Å². The second-order valence-corrected chi connectivity index (χ2v) is 6.73. The number of benzene rings is 3. The molecule has 0 aliphatic rings. The second-order valence-electron chi connectivity index (χ2n) is 6.73. The molecule has 0 radical (unpaired) electrons. The SMILES string of the molecule is COc1cccc(C(NC(=O)Nc2cccc3ccccc23)c2nccn2C)c1. The Morgan fingerprint density at radius 3 is 2.66 bits per heavy atom. The first-order chi connectivity index (χ1) is 14.2. The molecule has 0 aliphatic carbocycles. The number of amides is 2. The van der Waals surface area contributed by atoms with Gasteiger partial charge in [-0.15, -0.1) is 0 Å². The fourth-order valence-electron chi connectivity index (χ4n) is 3.40. The highest BCUT2D eigenvalue weighted by atomic mass is 16.5. The number of nitrogens with one attached hydrogen (secondary N) is 2. The number of carbonyl (C=O) groups is 1. The van der Waals surface area contributed by atoms with E-state index in [2.05, 4.69) is 15.6 Å². The van der Waals surface area contributed by atoms with Crippen molar-refractivity contribution in [2.75, 3.05) is 12.4 Å². The number of aromatic nitrogens is 2. The quantitative estimate of drug-likeness (QED) is 0.531. The number of fused-ring (bicyclic) bond motifs is 1. The summed E-state index contributed by atoms with van der Waals surface area (Å²) in [6.45, 7) is 0. The number of aryl methyl sites for hydroxylation is 1. The lowest BCUT2D eigenvalue weighted by atomic mass is 10.1. The van der Waals surface area contributed by atoms with Gasteiger partial charge >= 0.3 is 6.03 Å². The molecule has 0 saturated carbocycles. The second kappa shape index (κ2) is 8.06. The zero-order valence-corrected chi connectivity index (χ0v) is 16.3. The highest BCUT2D eigenvalue weighted by molar-refractivity contribution is 6.01. The summed E-state index contributed by atoms with van der Waals surface area (Å²) >= 11 is 0. The number of ether oxygens (including phenoxy) is 1. The Kier molecular flexibility index (Phi) is 5.16. The highest BCUT2D eigenvalue weighted by Gasteiger charge is 2.21. The van der Waals surface area contributed by atoms with Crippen LogP contribution in [-0.4, -0.2) is 22.7 Å². The minimum absolute atomic E-state index is 0.308. The fourth-order valence-corrected chi connectivity index (χ4v) is 3.40. The van der Waals surface area contributed by atoms with E-state index in [1.165, 1.54) is 0 Å². The number of anilines is 1. The Labute approximate surface area is 169 Å². The molecule has 4 rings (SSSR count). The van der Waals surface area contributed by atoms with Gasteiger partial charge in [0, 0.05) is 24.8 Å². The molecular weight excluding hydrogens is 364 g/mol. The van der Waals surface area contributed by atoms with E-state index in [0.717, 1.165) is 33.6 Å². The Morgan fingerprint density at radius 1 is 1.07 bits per heavy atom. The van der Waals surface area contributed by atoms with E-state index in [9.17, 15) is 4.79 Å². The van der Waals surface area contributed by atoms with Crippen LogP contribution in [0.1, 0.15) is 17.4 Å².